The molecule has 0 radical (unpaired) electrons. The molecule has 1 aromatic carbocycles. The zero-order valence-electron chi connectivity index (χ0n) is 7.37. The summed E-state index contributed by atoms with van der Waals surface area (Å²) in [6.45, 7) is 3.82. The summed E-state index contributed by atoms with van der Waals surface area (Å²) in [6, 6.07) is 7.59. The maximum absolute atomic E-state index is 11.3. The quantitative estimate of drug-likeness (QED) is 0.480. The minimum Gasteiger partial charge on any atom is -0.289 e. The molecule has 0 aliphatic rings. The van der Waals surface area contributed by atoms with Gasteiger partial charge in [0.15, 0.2) is 5.78 Å². The molecule has 1 rings (SSSR count). The van der Waals surface area contributed by atoms with Gasteiger partial charge in [-0.05, 0) is 26.0 Å². The van der Waals surface area contributed by atoms with Gasteiger partial charge >= 0.3 is 0 Å². The highest BCUT2D eigenvalue weighted by Gasteiger charge is 1.99. The number of carbonyl (C=O) groups excluding carboxylic acids is 1. The summed E-state index contributed by atoms with van der Waals surface area (Å²) in [7, 11) is 0. The number of hydrogen-bond donors (Lipinski definition) is 0. The number of hydrogen-bond acceptors (Lipinski definition) is 1. The summed E-state index contributed by atoms with van der Waals surface area (Å²) in [4.78, 5) is 11.3. The van der Waals surface area contributed by atoms with Gasteiger partial charge < -0.3 is 0 Å². The summed E-state index contributed by atoms with van der Waals surface area (Å²) < 4.78 is 0. The molecule has 0 aliphatic heterocycles. The van der Waals surface area contributed by atoms with Crippen LogP contribution in [0.15, 0.2) is 36.4 Å². The van der Waals surface area contributed by atoms with Crippen LogP contribution in [0.2, 0.25) is 0 Å². The Bertz CT molecular complexity index is 311. The van der Waals surface area contributed by atoms with E-state index in [9.17, 15) is 4.79 Å². The Kier molecular flexibility index (Phi) is 2.81. The lowest BCUT2D eigenvalue weighted by Gasteiger charge is -1.96. The Balaban J connectivity index is 2.96. The van der Waals surface area contributed by atoms with Crippen molar-refractivity contribution >= 4 is 5.78 Å². The van der Waals surface area contributed by atoms with Gasteiger partial charge in [-0.25, -0.2) is 0 Å². The van der Waals surface area contributed by atoms with E-state index < -0.39 is 0 Å². The molecule has 0 saturated heterocycles. The molecule has 0 aromatic heterocycles. The van der Waals surface area contributed by atoms with Crippen molar-refractivity contribution in [3.63, 3.8) is 0 Å². The molecule has 0 atom stereocenters. The second kappa shape index (κ2) is 3.86. The lowest BCUT2D eigenvalue weighted by atomic mass is 10.1. The van der Waals surface area contributed by atoms with Crippen LogP contribution in [0.4, 0.5) is 0 Å². The fourth-order valence-corrected chi connectivity index (χ4v) is 1.05. The molecular formula is C11H12O. The third kappa shape index (κ3) is 2.06. The monoisotopic (exact) mass is 160 g/mol. The van der Waals surface area contributed by atoms with Crippen molar-refractivity contribution in [1.29, 1.82) is 0 Å². The molecule has 12 heavy (non-hydrogen) atoms. The first kappa shape index (κ1) is 8.72. The first-order chi connectivity index (χ1) is 5.74. The highest BCUT2D eigenvalue weighted by Crippen LogP contribution is 2.05. The lowest BCUT2D eigenvalue weighted by molar-refractivity contribution is 0.104. The smallest absolute Gasteiger partial charge is 0.185 e. The first-order valence-electron chi connectivity index (χ1n) is 3.97. The van der Waals surface area contributed by atoms with E-state index in [1.165, 1.54) is 0 Å². The highest BCUT2D eigenvalue weighted by molar-refractivity contribution is 6.04. The van der Waals surface area contributed by atoms with Gasteiger partial charge in [0.05, 0.1) is 0 Å². The van der Waals surface area contributed by atoms with Crippen LogP contribution in [0.25, 0.3) is 0 Å². The third-order valence-electron chi connectivity index (χ3n) is 1.62. The number of benzene rings is 1. The first-order valence-corrected chi connectivity index (χ1v) is 3.97. The Morgan fingerprint density at radius 1 is 1.42 bits per heavy atom. The predicted molar refractivity (Wildman–Crippen MR) is 50.3 cm³/mol. The Labute approximate surface area is 72.7 Å². The van der Waals surface area contributed by atoms with E-state index in [0.717, 1.165) is 11.1 Å². The van der Waals surface area contributed by atoms with Crippen molar-refractivity contribution in [2.24, 2.45) is 0 Å². The molecule has 0 spiro atoms. The van der Waals surface area contributed by atoms with Crippen LogP contribution in [0.3, 0.4) is 0 Å². The van der Waals surface area contributed by atoms with E-state index in [1.54, 1.807) is 12.2 Å². The average Bonchev–Trinajstić information content (AvgIpc) is 2.05. The Hall–Kier alpha value is -1.37. The highest BCUT2D eigenvalue weighted by atomic mass is 16.1. The second-order valence-corrected chi connectivity index (χ2v) is 2.73. The molecule has 1 aromatic rings. The molecule has 0 bridgehead atoms. The van der Waals surface area contributed by atoms with Gasteiger partial charge in [-0.1, -0.05) is 29.8 Å². The normalized spacial score (nSPS) is 10.5. The number of ketones is 1. The van der Waals surface area contributed by atoms with Crippen molar-refractivity contribution in [2.45, 2.75) is 13.8 Å². The molecule has 0 fully saturated rings. The summed E-state index contributed by atoms with van der Waals surface area (Å²) in [5, 5.41) is 0. The van der Waals surface area contributed by atoms with Crippen molar-refractivity contribution in [1.82, 2.24) is 0 Å². The van der Waals surface area contributed by atoms with Gasteiger partial charge in [0, 0.05) is 5.56 Å². The molecule has 0 saturated carbocycles. The standard InChI is InChI=1S/C11H12O/c1-3-5-11(12)10-7-4-6-9(2)8-10/h3-8H,1-2H3. The zero-order valence-corrected chi connectivity index (χ0v) is 7.37. The molecule has 0 heterocycles. The van der Waals surface area contributed by atoms with E-state index in [2.05, 4.69) is 0 Å². The van der Waals surface area contributed by atoms with Crippen LogP contribution in [0.5, 0.6) is 0 Å². The Morgan fingerprint density at radius 3 is 2.75 bits per heavy atom. The average molecular weight is 160 g/mol. The number of allylic oxidation sites excluding steroid dienone is 2. The van der Waals surface area contributed by atoms with E-state index in [-0.39, 0.29) is 5.78 Å². The second-order valence-electron chi connectivity index (χ2n) is 2.73. The van der Waals surface area contributed by atoms with Crippen LogP contribution >= 0.6 is 0 Å². The summed E-state index contributed by atoms with van der Waals surface area (Å²) in [6.07, 6.45) is 3.33. The zero-order chi connectivity index (χ0) is 8.97. The van der Waals surface area contributed by atoms with Crippen LogP contribution in [0.1, 0.15) is 22.8 Å². The van der Waals surface area contributed by atoms with E-state index in [0.29, 0.717) is 0 Å². The van der Waals surface area contributed by atoms with Gasteiger partial charge in [-0.2, -0.15) is 0 Å². The van der Waals surface area contributed by atoms with Crippen LogP contribution in [0, 0.1) is 6.92 Å². The maximum atomic E-state index is 11.3. The molecule has 62 valence electrons. The maximum Gasteiger partial charge on any atom is 0.185 e. The predicted octanol–water partition coefficient (Wildman–Crippen LogP) is 2.75. The minimum atomic E-state index is 0.0706. The van der Waals surface area contributed by atoms with Crippen LogP contribution in [-0.4, -0.2) is 5.78 Å². The van der Waals surface area contributed by atoms with Gasteiger partial charge in [0.2, 0.25) is 0 Å². The van der Waals surface area contributed by atoms with Crippen molar-refractivity contribution in [2.75, 3.05) is 0 Å². The molecule has 1 heteroatoms. The fourth-order valence-electron chi connectivity index (χ4n) is 1.05. The Morgan fingerprint density at radius 2 is 2.17 bits per heavy atom. The largest absolute Gasteiger partial charge is 0.289 e. The summed E-state index contributed by atoms with van der Waals surface area (Å²) in [5.74, 6) is 0.0706. The van der Waals surface area contributed by atoms with Crippen molar-refractivity contribution in [3.8, 4) is 0 Å². The van der Waals surface area contributed by atoms with Gasteiger partial charge in [-0.15, -0.1) is 0 Å². The molecule has 0 aliphatic carbocycles. The van der Waals surface area contributed by atoms with Crippen molar-refractivity contribution in [3.05, 3.63) is 47.5 Å². The molecule has 0 amide bonds. The number of rotatable bonds is 2. The summed E-state index contributed by atoms with van der Waals surface area (Å²) >= 11 is 0. The number of aryl methyl sites for hydroxylation is 1. The van der Waals surface area contributed by atoms with Gasteiger partial charge in [0.25, 0.3) is 0 Å². The number of carbonyl (C=O) groups is 1. The topological polar surface area (TPSA) is 17.1 Å². The lowest BCUT2D eigenvalue weighted by Crippen LogP contribution is -1.93. The SMILES string of the molecule is CC=CC(=O)c1cccc(C)c1. The van der Waals surface area contributed by atoms with E-state index in [1.807, 2.05) is 38.1 Å². The van der Waals surface area contributed by atoms with Gasteiger partial charge in [-0.3, -0.25) is 4.79 Å². The molecule has 1 nitrogen and oxygen atoms in total. The van der Waals surface area contributed by atoms with Crippen LogP contribution in [-0.2, 0) is 0 Å². The van der Waals surface area contributed by atoms with Crippen molar-refractivity contribution < 1.29 is 4.79 Å². The van der Waals surface area contributed by atoms with E-state index >= 15 is 0 Å². The molecule has 0 N–H and O–H groups in total. The van der Waals surface area contributed by atoms with Gasteiger partial charge in [0.1, 0.15) is 0 Å². The fraction of sp³-hybridized carbons (Fsp3) is 0.182. The molecular weight excluding hydrogens is 148 g/mol. The summed E-state index contributed by atoms with van der Waals surface area (Å²) in [5.41, 5.74) is 1.87. The molecule has 0 unspecified atom stereocenters. The minimum absolute atomic E-state index is 0.0706. The third-order valence-corrected chi connectivity index (χ3v) is 1.62. The van der Waals surface area contributed by atoms with Crippen LogP contribution < -0.4 is 0 Å². The van der Waals surface area contributed by atoms with E-state index in [4.69, 9.17) is 0 Å².